The van der Waals surface area contributed by atoms with Gasteiger partial charge in [-0.05, 0) is 47.7 Å². The predicted octanol–water partition coefficient (Wildman–Crippen LogP) is 5.91. The Hall–Kier alpha value is -2.56. The van der Waals surface area contributed by atoms with Crippen LogP contribution in [0, 0.1) is 6.92 Å². The first-order chi connectivity index (χ1) is 12.6. The van der Waals surface area contributed by atoms with Gasteiger partial charge in [-0.15, -0.1) is 11.3 Å². The molecule has 0 saturated heterocycles. The van der Waals surface area contributed by atoms with Gasteiger partial charge in [0.25, 0.3) is 0 Å². The van der Waals surface area contributed by atoms with Gasteiger partial charge >= 0.3 is 0 Å². The fourth-order valence-corrected chi connectivity index (χ4v) is 3.72. The van der Waals surface area contributed by atoms with E-state index in [1.165, 1.54) is 0 Å². The lowest BCUT2D eigenvalue weighted by Gasteiger charge is -2.09. The standard InChI is InChI=1S/C21H15ClO3S/c1-13-8-16(24-12-14-4-2-5-15(22)9-14)10-18-20(13)21(23)19(25-18)11-17-6-3-7-26-17/h2-11H,12H2,1H3/b19-11-. The van der Waals surface area contributed by atoms with Crippen molar-refractivity contribution in [3.05, 3.63) is 86.3 Å². The van der Waals surface area contributed by atoms with Gasteiger partial charge in [0.1, 0.15) is 18.1 Å². The highest BCUT2D eigenvalue weighted by Crippen LogP contribution is 2.38. The third kappa shape index (κ3) is 3.39. The van der Waals surface area contributed by atoms with Gasteiger partial charge in [-0.3, -0.25) is 4.79 Å². The molecule has 0 bridgehead atoms. The molecule has 26 heavy (non-hydrogen) atoms. The summed E-state index contributed by atoms with van der Waals surface area (Å²) >= 11 is 7.56. The van der Waals surface area contributed by atoms with E-state index in [2.05, 4.69) is 0 Å². The molecule has 1 aliphatic rings. The van der Waals surface area contributed by atoms with Crippen LogP contribution in [-0.2, 0) is 6.61 Å². The summed E-state index contributed by atoms with van der Waals surface area (Å²) in [6, 6.07) is 15.0. The molecule has 1 aromatic heterocycles. The third-order valence-electron chi connectivity index (χ3n) is 4.05. The van der Waals surface area contributed by atoms with Gasteiger partial charge in [-0.2, -0.15) is 0 Å². The average Bonchev–Trinajstić information content (AvgIpc) is 3.22. The van der Waals surface area contributed by atoms with E-state index in [1.807, 2.05) is 54.8 Å². The second kappa shape index (κ2) is 6.98. The number of fused-ring (bicyclic) bond motifs is 1. The quantitative estimate of drug-likeness (QED) is 0.526. The SMILES string of the molecule is Cc1cc(OCc2cccc(Cl)c2)cc2c1C(=O)/C(=C/c1cccs1)O2. The summed E-state index contributed by atoms with van der Waals surface area (Å²) in [7, 11) is 0. The van der Waals surface area contributed by atoms with E-state index in [4.69, 9.17) is 21.1 Å². The zero-order valence-electron chi connectivity index (χ0n) is 14.0. The van der Waals surface area contributed by atoms with Crippen LogP contribution >= 0.6 is 22.9 Å². The molecule has 2 heterocycles. The number of carbonyl (C=O) groups is 1. The second-order valence-corrected chi connectivity index (χ2v) is 7.40. The molecule has 4 rings (SSSR count). The highest BCUT2D eigenvalue weighted by molar-refractivity contribution is 7.10. The highest BCUT2D eigenvalue weighted by Gasteiger charge is 2.30. The zero-order chi connectivity index (χ0) is 18.1. The summed E-state index contributed by atoms with van der Waals surface area (Å²) in [5.74, 6) is 1.45. The largest absolute Gasteiger partial charge is 0.489 e. The number of halogens is 1. The molecule has 0 aliphatic carbocycles. The summed E-state index contributed by atoms with van der Waals surface area (Å²) in [6.07, 6.45) is 1.78. The Bertz CT molecular complexity index is 1010. The number of Topliss-reactive ketones (excluding diaryl/α,β-unsaturated/α-hetero) is 1. The Kier molecular flexibility index (Phi) is 4.53. The first kappa shape index (κ1) is 16.9. The lowest BCUT2D eigenvalue weighted by atomic mass is 10.0. The summed E-state index contributed by atoms with van der Waals surface area (Å²) in [6.45, 7) is 2.28. The number of rotatable bonds is 4. The molecule has 1 aliphatic heterocycles. The first-order valence-electron chi connectivity index (χ1n) is 8.10. The van der Waals surface area contributed by atoms with Gasteiger partial charge in [0.05, 0.1) is 5.56 Å². The number of allylic oxidation sites excluding steroid dienone is 1. The molecule has 0 atom stereocenters. The van der Waals surface area contributed by atoms with Gasteiger partial charge in [-0.25, -0.2) is 0 Å². The van der Waals surface area contributed by atoms with E-state index in [9.17, 15) is 4.79 Å². The minimum atomic E-state index is -0.0905. The topological polar surface area (TPSA) is 35.5 Å². The summed E-state index contributed by atoms with van der Waals surface area (Å²) in [4.78, 5) is 13.6. The Morgan fingerprint density at radius 3 is 2.85 bits per heavy atom. The number of aryl methyl sites for hydroxylation is 1. The van der Waals surface area contributed by atoms with Crippen molar-refractivity contribution in [1.82, 2.24) is 0 Å². The van der Waals surface area contributed by atoms with Gasteiger partial charge in [-0.1, -0.05) is 29.8 Å². The van der Waals surface area contributed by atoms with Crippen LogP contribution in [0.4, 0.5) is 0 Å². The molecular formula is C21H15ClO3S. The molecule has 5 heteroatoms. The van der Waals surface area contributed by atoms with E-state index >= 15 is 0 Å². The maximum Gasteiger partial charge on any atom is 0.232 e. The molecule has 2 aromatic carbocycles. The number of hydrogen-bond acceptors (Lipinski definition) is 4. The molecule has 0 spiro atoms. The Labute approximate surface area is 160 Å². The van der Waals surface area contributed by atoms with Crippen molar-refractivity contribution in [3.63, 3.8) is 0 Å². The van der Waals surface area contributed by atoms with Crippen LogP contribution in [0.25, 0.3) is 6.08 Å². The van der Waals surface area contributed by atoms with E-state index in [0.29, 0.717) is 34.5 Å². The lowest BCUT2D eigenvalue weighted by molar-refractivity contribution is 0.101. The fraction of sp³-hybridized carbons (Fsp3) is 0.0952. The molecule has 3 nitrogen and oxygen atoms in total. The molecule has 130 valence electrons. The van der Waals surface area contributed by atoms with Crippen molar-refractivity contribution < 1.29 is 14.3 Å². The van der Waals surface area contributed by atoms with Crippen molar-refractivity contribution in [2.75, 3.05) is 0 Å². The van der Waals surface area contributed by atoms with Crippen LogP contribution in [0.5, 0.6) is 11.5 Å². The Balaban J connectivity index is 1.57. The first-order valence-corrected chi connectivity index (χ1v) is 9.35. The minimum Gasteiger partial charge on any atom is -0.489 e. The number of hydrogen-bond donors (Lipinski definition) is 0. The van der Waals surface area contributed by atoms with Crippen molar-refractivity contribution in [2.24, 2.45) is 0 Å². The number of carbonyl (C=O) groups excluding carboxylic acids is 1. The second-order valence-electron chi connectivity index (χ2n) is 5.99. The monoisotopic (exact) mass is 382 g/mol. The number of ketones is 1. The summed E-state index contributed by atoms with van der Waals surface area (Å²) < 4.78 is 11.7. The van der Waals surface area contributed by atoms with E-state index in [0.717, 1.165) is 16.0 Å². The van der Waals surface area contributed by atoms with E-state index in [-0.39, 0.29) is 5.78 Å². The third-order valence-corrected chi connectivity index (χ3v) is 5.11. The Morgan fingerprint density at radius 2 is 2.08 bits per heavy atom. The van der Waals surface area contributed by atoms with Crippen molar-refractivity contribution in [1.29, 1.82) is 0 Å². The maximum atomic E-state index is 12.6. The van der Waals surface area contributed by atoms with E-state index in [1.54, 1.807) is 23.5 Å². The molecule has 0 N–H and O–H groups in total. The van der Waals surface area contributed by atoms with Crippen molar-refractivity contribution in [3.8, 4) is 11.5 Å². The summed E-state index contributed by atoms with van der Waals surface area (Å²) in [5.41, 5.74) is 2.41. The van der Waals surface area contributed by atoms with Crippen molar-refractivity contribution in [2.45, 2.75) is 13.5 Å². The van der Waals surface area contributed by atoms with Crippen LogP contribution in [0.3, 0.4) is 0 Å². The normalized spacial score (nSPS) is 14.4. The Morgan fingerprint density at radius 1 is 1.19 bits per heavy atom. The van der Waals surface area contributed by atoms with Crippen LogP contribution in [0.1, 0.15) is 26.4 Å². The molecule has 0 unspecified atom stereocenters. The van der Waals surface area contributed by atoms with Gasteiger partial charge in [0.2, 0.25) is 5.78 Å². The summed E-state index contributed by atoms with van der Waals surface area (Å²) in [5, 5.41) is 2.64. The van der Waals surface area contributed by atoms with Crippen LogP contribution in [-0.4, -0.2) is 5.78 Å². The molecule has 0 amide bonds. The van der Waals surface area contributed by atoms with Gasteiger partial charge < -0.3 is 9.47 Å². The molecule has 0 saturated carbocycles. The maximum absolute atomic E-state index is 12.6. The van der Waals surface area contributed by atoms with Crippen LogP contribution in [0.15, 0.2) is 59.7 Å². The molecular weight excluding hydrogens is 368 g/mol. The smallest absolute Gasteiger partial charge is 0.232 e. The molecule has 3 aromatic rings. The average molecular weight is 383 g/mol. The number of thiophene rings is 1. The highest BCUT2D eigenvalue weighted by atomic mass is 35.5. The molecule has 0 fully saturated rings. The lowest BCUT2D eigenvalue weighted by Crippen LogP contribution is -1.99. The zero-order valence-corrected chi connectivity index (χ0v) is 15.6. The number of benzene rings is 2. The van der Waals surface area contributed by atoms with Gasteiger partial charge in [0.15, 0.2) is 5.76 Å². The minimum absolute atomic E-state index is 0.0905. The fourth-order valence-electron chi connectivity index (χ4n) is 2.86. The van der Waals surface area contributed by atoms with Crippen LogP contribution < -0.4 is 9.47 Å². The van der Waals surface area contributed by atoms with Gasteiger partial charge in [0, 0.05) is 22.0 Å². The van der Waals surface area contributed by atoms with Crippen LogP contribution in [0.2, 0.25) is 5.02 Å². The number of ether oxygens (including phenoxy) is 2. The van der Waals surface area contributed by atoms with Crippen molar-refractivity contribution >= 4 is 34.8 Å². The predicted molar refractivity (Wildman–Crippen MR) is 104 cm³/mol. The van der Waals surface area contributed by atoms with E-state index < -0.39 is 0 Å². The molecule has 0 radical (unpaired) electrons.